The molecule has 0 aliphatic carbocycles. The molecule has 0 amide bonds. The van der Waals surface area contributed by atoms with E-state index in [-0.39, 0.29) is 17.7 Å². The van der Waals surface area contributed by atoms with E-state index in [1.165, 1.54) is 0 Å². The molecule has 0 aromatic carbocycles. The van der Waals surface area contributed by atoms with Gasteiger partial charge < -0.3 is 15.8 Å². The van der Waals surface area contributed by atoms with Crippen LogP contribution in [0.15, 0.2) is 12.3 Å². The van der Waals surface area contributed by atoms with Gasteiger partial charge in [0.15, 0.2) is 5.78 Å². The number of carbonyl (C=O) groups is 1. The van der Waals surface area contributed by atoms with Crippen molar-refractivity contribution in [1.82, 2.24) is 10.3 Å². The number of nitrogens with two attached hydrogens (primary N) is 1. The molecule has 2 atom stereocenters. The van der Waals surface area contributed by atoms with Gasteiger partial charge in [0.05, 0.1) is 24.7 Å². The van der Waals surface area contributed by atoms with Crippen LogP contribution >= 0.6 is 0 Å². The van der Waals surface area contributed by atoms with E-state index in [1.807, 2.05) is 6.92 Å². The second-order valence-electron chi connectivity index (χ2n) is 5.01. The van der Waals surface area contributed by atoms with E-state index in [0.717, 1.165) is 18.5 Å². The first-order chi connectivity index (χ1) is 9.13. The molecule has 3 N–H and O–H groups in total. The Morgan fingerprint density at radius 3 is 3.11 bits per heavy atom. The van der Waals surface area contributed by atoms with Crippen molar-refractivity contribution in [1.29, 1.82) is 0 Å². The molecular weight excluding hydrogens is 242 g/mol. The SMILES string of the molecule is CCCNC1COCC1C(=O)c1cc(C)cnc1N. The molecule has 2 unspecified atom stereocenters. The average molecular weight is 263 g/mol. The number of hydrogen-bond acceptors (Lipinski definition) is 5. The zero-order valence-corrected chi connectivity index (χ0v) is 11.5. The number of aromatic nitrogens is 1. The van der Waals surface area contributed by atoms with Crippen LogP contribution in [0, 0.1) is 12.8 Å². The van der Waals surface area contributed by atoms with Gasteiger partial charge in [0.1, 0.15) is 5.82 Å². The lowest BCUT2D eigenvalue weighted by atomic mass is 9.93. The average Bonchev–Trinajstić information content (AvgIpc) is 2.86. The van der Waals surface area contributed by atoms with E-state index in [1.54, 1.807) is 12.3 Å². The highest BCUT2D eigenvalue weighted by molar-refractivity contribution is 6.02. The number of Topliss-reactive ketones (excluding diaryl/α,β-unsaturated/α-hetero) is 1. The van der Waals surface area contributed by atoms with Gasteiger partial charge in [-0.3, -0.25) is 4.79 Å². The molecule has 104 valence electrons. The fourth-order valence-corrected chi connectivity index (χ4v) is 2.32. The Balaban J connectivity index is 2.16. The van der Waals surface area contributed by atoms with Gasteiger partial charge in [-0.2, -0.15) is 0 Å². The largest absolute Gasteiger partial charge is 0.383 e. The monoisotopic (exact) mass is 263 g/mol. The second-order valence-corrected chi connectivity index (χ2v) is 5.01. The highest BCUT2D eigenvalue weighted by Gasteiger charge is 2.35. The summed E-state index contributed by atoms with van der Waals surface area (Å²) in [4.78, 5) is 16.6. The number of nitrogens with zero attached hydrogens (tertiary/aromatic N) is 1. The molecule has 19 heavy (non-hydrogen) atoms. The number of hydrogen-bond donors (Lipinski definition) is 2. The van der Waals surface area contributed by atoms with E-state index in [9.17, 15) is 4.79 Å². The third-order valence-electron chi connectivity index (χ3n) is 3.39. The van der Waals surface area contributed by atoms with Crippen LogP contribution in [0.2, 0.25) is 0 Å². The van der Waals surface area contributed by atoms with Crippen LogP contribution < -0.4 is 11.1 Å². The first kappa shape index (κ1) is 14.0. The second kappa shape index (κ2) is 6.12. The first-order valence-corrected chi connectivity index (χ1v) is 6.71. The number of pyridine rings is 1. The highest BCUT2D eigenvalue weighted by atomic mass is 16.5. The Bertz CT molecular complexity index is 462. The van der Waals surface area contributed by atoms with Crippen molar-refractivity contribution in [2.45, 2.75) is 26.3 Å². The third-order valence-corrected chi connectivity index (χ3v) is 3.39. The van der Waals surface area contributed by atoms with Crippen molar-refractivity contribution >= 4 is 11.6 Å². The number of anilines is 1. The van der Waals surface area contributed by atoms with E-state index in [2.05, 4.69) is 17.2 Å². The molecule has 1 fully saturated rings. The molecule has 1 aliphatic heterocycles. The van der Waals surface area contributed by atoms with Gasteiger partial charge in [-0.05, 0) is 31.5 Å². The van der Waals surface area contributed by atoms with E-state index < -0.39 is 0 Å². The summed E-state index contributed by atoms with van der Waals surface area (Å²) in [5, 5.41) is 3.36. The maximum atomic E-state index is 12.6. The molecular formula is C14H21N3O2. The fourth-order valence-electron chi connectivity index (χ4n) is 2.32. The Kier molecular flexibility index (Phi) is 4.50. The lowest BCUT2D eigenvalue weighted by Crippen LogP contribution is -2.39. The summed E-state index contributed by atoms with van der Waals surface area (Å²) in [5.41, 5.74) is 7.26. The van der Waals surface area contributed by atoms with Gasteiger partial charge in [-0.1, -0.05) is 6.92 Å². The quantitative estimate of drug-likeness (QED) is 0.780. The molecule has 1 saturated heterocycles. The zero-order chi connectivity index (χ0) is 13.8. The summed E-state index contributed by atoms with van der Waals surface area (Å²) < 4.78 is 5.43. The minimum atomic E-state index is -0.169. The smallest absolute Gasteiger partial charge is 0.173 e. The Labute approximate surface area is 113 Å². The molecule has 0 radical (unpaired) electrons. The molecule has 1 aliphatic rings. The van der Waals surface area contributed by atoms with Crippen molar-refractivity contribution < 1.29 is 9.53 Å². The fraction of sp³-hybridized carbons (Fsp3) is 0.571. The summed E-state index contributed by atoms with van der Waals surface area (Å²) >= 11 is 0. The zero-order valence-electron chi connectivity index (χ0n) is 11.5. The Hall–Kier alpha value is -1.46. The number of rotatable bonds is 5. The number of carbonyl (C=O) groups excluding carboxylic acids is 1. The van der Waals surface area contributed by atoms with Crippen LogP contribution in [0.25, 0.3) is 0 Å². The number of nitrogen functional groups attached to an aromatic ring is 1. The van der Waals surface area contributed by atoms with Gasteiger partial charge in [-0.15, -0.1) is 0 Å². The topological polar surface area (TPSA) is 77.2 Å². The van der Waals surface area contributed by atoms with Crippen LogP contribution in [-0.4, -0.2) is 36.6 Å². The van der Waals surface area contributed by atoms with Crippen molar-refractivity contribution in [2.24, 2.45) is 5.92 Å². The summed E-state index contributed by atoms with van der Waals surface area (Å²) in [7, 11) is 0. The van der Waals surface area contributed by atoms with Gasteiger partial charge in [0, 0.05) is 12.2 Å². The highest BCUT2D eigenvalue weighted by Crippen LogP contribution is 2.22. The van der Waals surface area contributed by atoms with Crippen LogP contribution in [0.3, 0.4) is 0 Å². The number of ketones is 1. The maximum Gasteiger partial charge on any atom is 0.173 e. The van der Waals surface area contributed by atoms with Crippen molar-refractivity contribution in [2.75, 3.05) is 25.5 Å². The number of ether oxygens (including phenoxy) is 1. The minimum Gasteiger partial charge on any atom is -0.383 e. The normalized spacial score (nSPS) is 22.6. The van der Waals surface area contributed by atoms with E-state index >= 15 is 0 Å². The van der Waals surface area contributed by atoms with E-state index in [4.69, 9.17) is 10.5 Å². The van der Waals surface area contributed by atoms with Crippen LogP contribution in [0.5, 0.6) is 0 Å². The Morgan fingerprint density at radius 2 is 2.37 bits per heavy atom. The summed E-state index contributed by atoms with van der Waals surface area (Å²) in [6, 6.07) is 1.88. The molecule has 0 saturated carbocycles. The Morgan fingerprint density at radius 1 is 1.58 bits per heavy atom. The molecule has 2 heterocycles. The van der Waals surface area contributed by atoms with Crippen LogP contribution in [0.1, 0.15) is 29.3 Å². The lowest BCUT2D eigenvalue weighted by Gasteiger charge is -2.18. The van der Waals surface area contributed by atoms with Crippen molar-refractivity contribution in [3.63, 3.8) is 0 Å². The van der Waals surface area contributed by atoms with E-state index in [0.29, 0.717) is 24.6 Å². The van der Waals surface area contributed by atoms with Gasteiger partial charge in [0.25, 0.3) is 0 Å². The van der Waals surface area contributed by atoms with Crippen LogP contribution in [-0.2, 0) is 4.74 Å². The lowest BCUT2D eigenvalue weighted by molar-refractivity contribution is 0.0892. The molecule has 2 rings (SSSR count). The summed E-state index contributed by atoms with van der Waals surface area (Å²) in [5.74, 6) is 0.161. The van der Waals surface area contributed by atoms with Gasteiger partial charge >= 0.3 is 0 Å². The molecule has 5 nitrogen and oxygen atoms in total. The number of aryl methyl sites for hydroxylation is 1. The molecule has 5 heteroatoms. The predicted molar refractivity (Wildman–Crippen MR) is 74.1 cm³/mol. The molecule has 0 bridgehead atoms. The van der Waals surface area contributed by atoms with Gasteiger partial charge in [-0.25, -0.2) is 4.98 Å². The van der Waals surface area contributed by atoms with Gasteiger partial charge in [0.2, 0.25) is 0 Å². The standard InChI is InChI=1S/C14H21N3O2/c1-3-4-16-12-8-19-7-11(12)13(18)10-5-9(2)6-17-14(10)15/h5-6,11-12,16H,3-4,7-8H2,1-2H3,(H2,15,17). The first-order valence-electron chi connectivity index (χ1n) is 6.71. The van der Waals surface area contributed by atoms with Crippen molar-refractivity contribution in [3.8, 4) is 0 Å². The third kappa shape index (κ3) is 3.11. The molecule has 1 aromatic heterocycles. The van der Waals surface area contributed by atoms with Crippen LogP contribution in [0.4, 0.5) is 5.82 Å². The summed E-state index contributed by atoms with van der Waals surface area (Å²) in [6.07, 6.45) is 2.70. The number of nitrogens with one attached hydrogen (secondary N) is 1. The predicted octanol–water partition coefficient (Wildman–Crippen LogP) is 1.17. The maximum absolute atomic E-state index is 12.6. The summed E-state index contributed by atoms with van der Waals surface area (Å²) in [6.45, 7) is 5.92. The minimum absolute atomic E-state index is 0.0276. The molecule has 1 aromatic rings. The van der Waals surface area contributed by atoms with Crippen molar-refractivity contribution in [3.05, 3.63) is 23.4 Å². The molecule has 0 spiro atoms.